The van der Waals surface area contributed by atoms with Crippen LogP contribution in [0.4, 0.5) is 13.2 Å². The Labute approximate surface area is 109 Å². The third kappa shape index (κ3) is 5.58. The number of nitrogens with two attached hydrogens (primary N) is 1. The number of rotatable bonds is 2. The number of aliphatic imine (C=N–C) groups is 1. The van der Waals surface area contributed by atoms with E-state index in [0.717, 1.165) is 12.3 Å². The molecular weight excluding hydrogens is 257 g/mol. The van der Waals surface area contributed by atoms with Crippen molar-refractivity contribution in [2.45, 2.75) is 39.0 Å². The monoisotopic (exact) mass is 274 g/mol. The van der Waals surface area contributed by atoms with E-state index in [-0.39, 0.29) is 18.0 Å². The first-order chi connectivity index (χ1) is 8.58. The average Bonchev–Trinajstić information content (AvgIpc) is 2.23. The summed E-state index contributed by atoms with van der Waals surface area (Å²) in [4.78, 5) is 7.27. The lowest BCUT2D eigenvalue weighted by Gasteiger charge is -2.21. The average molecular weight is 274 g/mol. The standard InChI is InChI=1S/C12H17F3N4/c1-11(2,3)19-10(16)18-7-8-4-5-17-9(6-8)12(13,14)15/h4-6H,7H2,1-3H3,(H3,16,18,19). The maximum Gasteiger partial charge on any atom is 0.433 e. The molecule has 7 heteroatoms. The summed E-state index contributed by atoms with van der Waals surface area (Å²) in [6.45, 7) is 5.79. The molecule has 0 atom stereocenters. The van der Waals surface area contributed by atoms with E-state index in [1.165, 1.54) is 6.07 Å². The van der Waals surface area contributed by atoms with E-state index in [4.69, 9.17) is 5.73 Å². The molecule has 0 saturated heterocycles. The first kappa shape index (κ1) is 15.3. The van der Waals surface area contributed by atoms with E-state index in [9.17, 15) is 13.2 Å². The number of hydrogen-bond acceptors (Lipinski definition) is 2. The Balaban J connectivity index is 2.76. The predicted molar refractivity (Wildman–Crippen MR) is 67.5 cm³/mol. The number of halogens is 3. The predicted octanol–water partition coefficient (Wildman–Crippen LogP) is 2.30. The van der Waals surface area contributed by atoms with Crippen LogP contribution in [0.3, 0.4) is 0 Å². The van der Waals surface area contributed by atoms with Gasteiger partial charge in [0.2, 0.25) is 0 Å². The van der Waals surface area contributed by atoms with Crippen molar-refractivity contribution in [1.82, 2.24) is 10.3 Å². The summed E-state index contributed by atoms with van der Waals surface area (Å²) >= 11 is 0. The lowest BCUT2D eigenvalue weighted by atomic mass is 10.1. The van der Waals surface area contributed by atoms with Gasteiger partial charge in [0.05, 0.1) is 6.54 Å². The van der Waals surface area contributed by atoms with Crippen molar-refractivity contribution in [3.8, 4) is 0 Å². The number of alkyl halides is 3. The molecule has 0 aliphatic rings. The van der Waals surface area contributed by atoms with Crippen LogP contribution in [0.25, 0.3) is 0 Å². The molecule has 0 amide bonds. The Bertz CT molecular complexity index is 461. The Morgan fingerprint density at radius 3 is 2.53 bits per heavy atom. The Hall–Kier alpha value is -1.79. The fraction of sp³-hybridized carbons (Fsp3) is 0.500. The molecule has 1 aromatic rings. The highest BCUT2D eigenvalue weighted by atomic mass is 19.4. The molecule has 0 saturated carbocycles. The molecule has 19 heavy (non-hydrogen) atoms. The molecule has 0 radical (unpaired) electrons. The van der Waals surface area contributed by atoms with Crippen molar-refractivity contribution in [2.75, 3.05) is 0 Å². The van der Waals surface area contributed by atoms with Crippen molar-refractivity contribution in [1.29, 1.82) is 0 Å². The third-order valence-corrected chi connectivity index (χ3v) is 2.05. The van der Waals surface area contributed by atoms with E-state index in [1.54, 1.807) is 0 Å². The molecule has 0 aliphatic heterocycles. The van der Waals surface area contributed by atoms with Crippen LogP contribution in [0.2, 0.25) is 0 Å². The van der Waals surface area contributed by atoms with Gasteiger partial charge < -0.3 is 11.1 Å². The molecule has 0 fully saturated rings. The number of guanidine groups is 1. The number of nitrogens with one attached hydrogen (secondary N) is 1. The van der Waals surface area contributed by atoms with Crippen molar-refractivity contribution >= 4 is 5.96 Å². The SMILES string of the molecule is CC(C)(C)NC(N)=NCc1ccnc(C(F)(F)F)c1. The van der Waals surface area contributed by atoms with Crippen molar-refractivity contribution in [3.05, 3.63) is 29.6 Å². The summed E-state index contributed by atoms with van der Waals surface area (Å²) in [7, 11) is 0. The second-order valence-electron chi connectivity index (χ2n) is 5.12. The Kier molecular flexibility index (Phi) is 4.39. The highest BCUT2D eigenvalue weighted by Gasteiger charge is 2.32. The minimum absolute atomic E-state index is 0.0700. The second kappa shape index (κ2) is 5.46. The zero-order chi connectivity index (χ0) is 14.7. The van der Waals surface area contributed by atoms with Crippen LogP contribution < -0.4 is 11.1 Å². The van der Waals surface area contributed by atoms with Crippen LogP contribution in [0.15, 0.2) is 23.3 Å². The second-order valence-corrected chi connectivity index (χ2v) is 5.12. The molecule has 1 rings (SSSR count). The fourth-order valence-electron chi connectivity index (χ4n) is 1.33. The van der Waals surface area contributed by atoms with Gasteiger partial charge >= 0.3 is 6.18 Å². The van der Waals surface area contributed by atoms with E-state index >= 15 is 0 Å². The lowest BCUT2D eigenvalue weighted by molar-refractivity contribution is -0.141. The molecule has 0 spiro atoms. The van der Waals surface area contributed by atoms with Crippen LogP contribution >= 0.6 is 0 Å². The fourth-order valence-corrected chi connectivity index (χ4v) is 1.33. The van der Waals surface area contributed by atoms with Crippen molar-refractivity contribution in [3.63, 3.8) is 0 Å². The first-order valence-corrected chi connectivity index (χ1v) is 5.68. The van der Waals surface area contributed by atoms with Gasteiger partial charge in [0, 0.05) is 11.7 Å². The van der Waals surface area contributed by atoms with Gasteiger partial charge in [-0.15, -0.1) is 0 Å². The summed E-state index contributed by atoms with van der Waals surface area (Å²) in [5.74, 6) is 0.192. The highest BCUT2D eigenvalue weighted by Crippen LogP contribution is 2.27. The molecule has 0 unspecified atom stereocenters. The van der Waals surface area contributed by atoms with Gasteiger partial charge in [-0.05, 0) is 38.5 Å². The van der Waals surface area contributed by atoms with Crippen LogP contribution in [0, 0.1) is 0 Å². The smallest absolute Gasteiger partial charge is 0.370 e. The Morgan fingerprint density at radius 2 is 2.00 bits per heavy atom. The van der Waals surface area contributed by atoms with Crippen LogP contribution in [0.1, 0.15) is 32.0 Å². The van der Waals surface area contributed by atoms with Crippen LogP contribution in [-0.4, -0.2) is 16.5 Å². The van der Waals surface area contributed by atoms with Crippen LogP contribution in [-0.2, 0) is 12.7 Å². The zero-order valence-electron chi connectivity index (χ0n) is 11.0. The van der Waals surface area contributed by atoms with Crippen molar-refractivity contribution in [2.24, 2.45) is 10.7 Å². The molecule has 106 valence electrons. The first-order valence-electron chi connectivity index (χ1n) is 5.68. The number of aromatic nitrogens is 1. The Morgan fingerprint density at radius 1 is 1.37 bits per heavy atom. The van der Waals surface area contributed by atoms with Crippen LogP contribution in [0.5, 0.6) is 0 Å². The molecule has 1 heterocycles. The highest BCUT2D eigenvalue weighted by molar-refractivity contribution is 5.78. The van der Waals surface area contributed by atoms with Gasteiger partial charge in [-0.3, -0.25) is 4.98 Å². The lowest BCUT2D eigenvalue weighted by Crippen LogP contribution is -2.44. The molecular formula is C12H17F3N4. The maximum absolute atomic E-state index is 12.5. The molecule has 3 N–H and O–H groups in total. The van der Waals surface area contributed by atoms with Gasteiger partial charge in [0.1, 0.15) is 5.69 Å². The summed E-state index contributed by atoms with van der Waals surface area (Å²) in [5.41, 5.74) is 4.86. The largest absolute Gasteiger partial charge is 0.433 e. The van der Waals surface area contributed by atoms with Gasteiger partial charge in [-0.25, -0.2) is 4.99 Å². The zero-order valence-corrected chi connectivity index (χ0v) is 11.0. The van der Waals surface area contributed by atoms with E-state index in [0.29, 0.717) is 5.56 Å². The van der Waals surface area contributed by atoms with Gasteiger partial charge in [0.15, 0.2) is 5.96 Å². The van der Waals surface area contributed by atoms with Gasteiger partial charge in [-0.2, -0.15) is 13.2 Å². The summed E-state index contributed by atoms with van der Waals surface area (Å²) < 4.78 is 37.4. The molecule has 0 bridgehead atoms. The third-order valence-electron chi connectivity index (χ3n) is 2.05. The van der Waals surface area contributed by atoms with Gasteiger partial charge in [0.25, 0.3) is 0 Å². The number of nitrogens with zero attached hydrogens (tertiary/aromatic N) is 2. The van der Waals surface area contributed by atoms with Gasteiger partial charge in [-0.1, -0.05) is 0 Å². The maximum atomic E-state index is 12.5. The number of hydrogen-bond donors (Lipinski definition) is 2. The van der Waals surface area contributed by atoms with E-state index in [1.807, 2.05) is 20.8 Å². The topological polar surface area (TPSA) is 63.3 Å². The summed E-state index contributed by atoms with van der Waals surface area (Å²) in [6, 6.07) is 2.44. The molecule has 0 aromatic carbocycles. The molecule has 0 aliphatic carbocycles. The van der Waals surface area contributed by atoms with Crippen molar-refractivity contribution < 1.29 is 13.2 Å². The molecule has 1 aromatic heterocycles. The quantitative estimate of drug-likeness (QED) is 0.642. The minimum Gasteiger partial charge on any atom is -0.370 e. The van der Waals surface area contributed by atoms with E-state index < -0.39 is 11.9 Å². The minimum atomic E-state index is -4.45. The van der Waals surface area contributed by atoms with E-state index in [2.05, 4.69) is 15.3 Å². The summed E-state index contributed by atoms with van der Waals surface area (Å²) in [5, 5.41) is 2.92. The number of pyridine rings is 1. The normalized spacial score (nSPS) is 13.5. The summed E-state index contributed by atoms with van der Waals surface area (Å²) in [6.07, 6.45) is -3.34. The molecule has 4 nitrogen and oxygen atoms in total.